The maximum atomic E-state index is 12.9. The molecule has 4 nitrogen and oxygen atoms in total. The number of aryl methyl sites for hydroxylation is 1. The molecule has 3 rings (SSSR count). The Morgan fingerprint density at radius 3 is 2.62 bits per heavy atom. The van der Waals surface area contributed by atoms with Crippen molar-refractivity contribution in [2.75, 3.05) is 6.54 Å². The molecule has 1 aromatic carbocycles. The van der Waals surface area contributed by atoms with Crippen molar-refractivity contribution in [1.29, 1.82) is 0 Å². The Hall–Kier alpha value is -2.53. The molecule has 3 aromatic rings. The number of thiazole rings is 1. The molecule has 0 saturated heterocycles. The lowest BCUT2D eigenvalue weighted by Gasteiger charge is -2.20. The van der Waals surface area contributed by atoms with Crippen LogP contribution in [-0.4, -0.2) is 27.3 Å². The monoisotopic (exact) mass is 337 g/mol. The van der Waals surface area contributed by atoms with E-state index in [-0.39, 0.29) is 5.91 Å². The van der Waals surface area contributed by atoms with Gasteiger partial charge >= 0.3 is 0 Å². The first kappa shape index (κ1) is 16.3. The van der Waals surface area contributed by atoms with Crippen molar-refractivity contribution in [3.63, 3.8) is 0 Å². The average Bonchev–Trinajstić information content (AvgIpc) is 3.02. The minimum absolute atomic E-state index is 0.0338. The lowest BCUT2D eigenvalue weighted by molar-refractivity contribution is 0.0756. The first-order valence-electron chi connectivity index (χ1n) is 7.90. The van der Waals surface area contributed by atoms with Gasteiger partial charge in [-0.3, -0.25) is 9.78 Å². The van der Waals surface area contributed by atoms with Crippen LogP contribution in [0.1, 0.15) is 27.9 Å². The average molecular weight is 337 g/mol. The minimum Gasteiger partial charge on any atom is -0.334 e. The molecule has 0 aliphatic rings. The highest BCUT2D eigenvalue weighted by molar-refractivity contribution is 7.17. The summed E-state index contributed by atoms with van der Waals surface area (Å²) in [6.07, 6.45) is 3.50. The van der Waals surface area contributed by atoms with Crippen LogP contribution in [0, 0.1) is 6.92 Å². The second kappa shape index (κ2) is 7.36. The Bertz CT molecular complexity index is 815. The quantitative estimate of drug-likeness (QED) is 0.702. The molecule has 2 aromatic heterocycles. The third kappa shape index (κ3) is 3.51. The Morgan fingerprint density at radius 2 is 1.96 bits per heavy atom. The fourth-order valence-electron chi connectivity index (χ4n) is 2.48. The number of hydrogen-bond donors (Lipinski definition) is 0. The minimum atomic E-state index is 0.0338. The van der Waals surface area contributed by atoms with Crippen LogP contribution < -0.4 is 0 Å². The van der Waals surface area contributed by atoms with Crippen LogP contribution in [0.25, 0.3) is 10.6 Å². The van der Waals surface area contributed by atoms with E-state index in [4.69, 9.17) is 0 Å². The molecular formula is C19H19N3OS. The normalized spacial score (nSPS) is 10.6. The number of nitrogens with zero attached hydrogens (tertiary/aromatic N) is 3. The molecule has 0 fully saturated rings. The van der Waals surface area contributed by atoms with Crippen LogP contribution in [-0.2, 0) is 6.54 Å². The van der Waals surface area contributed by atoms with E-state index in [0.717, 1.165) is 21.8 Å². The maximum Gasteiger partial charge on any atom is 0.266 e. The van der Waals surface area contributed by atoms with E-state index >= 15 is 0 Å². The highest BCUT2D eigenvalue weighted by atomic mass is 32.1. The summed E-state index contributed by atoms with van der Waals surface area (Å²) in [5.74, 6) is 0.0338. The molecule has 122 valence electrons. The van der Waals surface area contributed by atoms with E-state index in [1.807, 2.05) is 61.2 Å². The molecule has 0 saturated carbocycles. The number of carbonyl (C=O) groups excluding carboxylic acids is 1. The lowest BCUT2D eigenvalue weighted by atomic mass is 10.2. The van der Waals surface area contributed by atoms with Crippen molar-refractivity contribution in [3.8, 4) is 10.6 Å². The standard InChI is InChI=1S/C19H19N3OS/c1-3-22(13-15-8-5-4-6-9-15)19(23)17-14(2)21-18(24-17)16-10-7-11-20-12-16/h4-12H,3,13H2,1-2H3. The van der Waals surface area contributed by atoms with E-state index in [2.05, 4.69) is 9.97 Å². The molecule has 0 atom stereocenters. The van der Waals surface area contributed by atoms with Gasteiger partial charge in [-0.2, -0.15) is 0 Å². The molecule has 1 amide bonds. The fraction of sp³-hybridized carbons (Fsp3) is 0.211. The van der Waals surface area contributed by atoms with Gasteiger partial charge in [0.25, 0.3) is 5.91 Å². The summed E-state index contributed by atoms with van der Waals surface area (Å²) in [5.41, 5.74) is 2.84. The van der Waals surface area contributed by atoms with Crippen LogP contribution in [0.15, 0.2) is 54.9 Å². The molecule has 0 N–H and O–H groups in total. The zero-order chi connectivity index (χ0) is 16.9. The number of rotatable bonds is 5. The van der Waals surface area contributed by atoms with Crippen LogP contribution in [0.3, 0.4) is 0 Å². The van der Waals surface area contributed by atoms with Gasteiger partial charge in [0.05, 0.1) is 5.69 Å². The molecule has 0 aliphatic carbocycles. The van der Waals surface area contributed by atoms with E-state index < -0.39 is 0 Å². The summed E-state index contributed by atoms with van der Waals surface area (Å²) in [7, 11) is 0. The van der Waals surface area contributed by atoms with E-state index in [9.17, 15) is 4.79 Å². The number of amides is 1. The second-order valence-electron chi connectivity index (χ2n) is 5.48. The van der Waals surface area contributed by atoms with Crippen LogP contribution in [0.4, 0.5) is 0 Å². The largest absolute Gasteiger partial charge is 0.334 e. The smallest absolute Gasteiger partial charge is 0.266 e. The summed E-state index contributed by atoms with van der Waals surface area (Å²) in [4.78, 5) is 24.2. The van der Waals surface area contributed by atoms with Crippen LogP contribution in [0.5, 0.6) is 0 Å². The maximum absolute atomic E-state index is 12.9. The van der Waals surface area contributed by atoms with Gasteiger partial charge in [-0.1, -0.05) is 30.3 Å². The van der Waals surface area contributed by atoms with Gasteiger partial charge < -0.3 is 4.90 Å². The van der Waals surface area contributed by atoms with Crippen molar-refractivity contribution in [3.05, 3.63) is 71.0 Å². The van der Waals surface area contributed by atoms with Crippen molar-refractivity contribution in [2.24, 2.45) is 0 Å². The third-order valence-electron chi connectivity index (χ3n) is 3.78. The molecule has 0 unspecified atom stereocenters. The molecule has 0 spiro atoms. The van der Waals surface area contributed by atoms with Gasteiger partial charge in [0.2, 0.25) is 0 Å². The van der Waals surface area contributed by atoms with E-state index in [1.165, 1.54) is 11.3 Å². The summed E-state index contributed by atoms with van der Waals surface area (Å²) in [5, 5.41) is 0.833. The highest BCUT2D eigenvalue weighted by Crippen LogP contribution is 2.28. The number of carbonyl (C=O) groups is 1. The van der Waals surface area contributed by atoms with Gasteiger partial charge in [-0.15, -0.1) is 11.3 Å². The summed E-state index contributed by atoms with van der Waals surface area (Å²) in [6.45, 7) is 5.15. The summed E-state index contributed by atoms with van der Waals surface area (Å²) < 4.78 is 0. The van der Waals surface area contributed by atoms with Crippen molar-refractivity contribution in [2.45, 2.75) is 20.4 Å². The number of pyridine rings is 1. The zero-order valence-corrected chi connectivity index (χ0v) is 14.6. The van der Waals surface area contributed by atoms with Crippen molar-refractivity contribution in [1.82, 2.24) is 14.9 Å². The van der Waals surface area contributed by atoms with Gasteiger partial charge in [-0.05, 0) is 31.5 Å². The first-order valence-corrected chi connectivity index (χ1v) is 8.71. The Labute approximate surface area is 145 Å². The van der Waals surface area contributed by atoms with Crippen LogP contribution >= 0.6 is 11.3 Å². The molecular weight excluding hydrogens is 318 g/mol. The highest BCUT2D eigenvalue weighted by Gasteiger charge is 2.21. The molecule has 0 radical (unpaired) electrons. The zero-order valence-electron chi connectivity index (χ0n) is 13.8. The summed E-state index contributed by atoms with van der Waals surface area (Å²) in [6, 6.07) is 13.9. The van der Waals surface area contributed by atoms with Gasteiger partial charge in [-0.25, -0.2) is 4.98 Å². The topological polar surface area (TPSA) is 46.1 Å². The first-order chi connectivity index (χ1) is 11.7. The number of benzene rings is 1. The second-order valence-corrected chi connectivity index (χ2v) is 6.48. The van der Waals surface area contributed by atoms with Crippen molar-refractivity contribution >= 4 is 17.2 Å². The molecule has 2 heterocycles. The Kier molecular flexibility index (Phi) is 5.01. The van der Waals surface area contributed by atoms with Crippen LogP contribution in [0.2, 0.25) is 0 Å². The Balaban J connectivity index is 1.85. The summed E-state index contributed by atoms with van der Waals surface area (Å²) >= 11 is 1.43. The molecule has 24 heavy (non-hydrogen) atoms. The van der Waals surface area contributed by atoms with Gasteiger partial charge in [0.15, 0.2) is 0 Å². The fourth-order valence-corrected chi connectivity index (χ4v) is 3.51. The molecule has 0 aliphatic heterocycles. The van der Waals surface area contributed by atoms with E-state index in [1.54, 1.807) is 12.4 Å². The van der Waals surface area contributed by atoms with Crippen molar-refractivity contribution < 1.29 is 4.79 Å². The molecule has 5 heteroatoms. The third-order valence-corrected chi connectivity index (χ3v) is 4.98. The number of aromatic nitrogens is 2. The SMILES string of the molecule is CCN(Cc1ccccc1)C(=O)c1sc(-c2cccnc2)nc1C. The van der Waals surface area contributed by atoms with Gasteiger partial charge in [0, 0.05) is 31.0 Å². The van der Waals surface area contributed by atoms with E-state index in [0.29, 0.717) is 18.0 Å². The number of hydrogen-bond acceptors (Lipinski definition) is 4. The molecule has 0 bridgehead atoms. The lowest BCUT2D eigenvalue weighted by Crippen LogP contribution is -2.30. The Morgan fingerprint density at radius 1 is 1.17 bits per heavy atom. The van der Waals surface area contributed by atoms with Gasteiger partial charge in [0.1, 0.15) is 9.88 Å². The predicted octanol–water partition coefficient (Wildman–Crippen LogP) is 4.18. The predicted molar refractivity (Wildman–Crippen MR) is 96.9 cm³/mol.